The monoisotopic (exact) mass is 682 g/mol. The number of rotatable bonds is 11. The van der Waals surface area contributed by atoms with Gasteiger partial charge in [-0.1, -0.05) is 93.6 Å². The Kier molecular flexibility index (Phi) is 9.94. The van der Waals surface area contributed by atoms with E-state index in [1.54, 1.807) is 24.3 Å². The van der Waals surface area contributed by atoms with Crippen LogP contribution in [0.4, 0.5) is 13.2 Å². The normalized spacial score (nSPS) is 21.7. The van der Waals surface area contributed by atoms with E-state index in [2.05, 4.69) is 0 Å². The van der Waals surface area contributed by atoms with Crippen LogP contribution in [0.25, 0.3) is 0 Å². The lowest BCUT2D eigenvalue weighted by Crippen LogP contribution is -2.56. The van der Waals surface area contributed by atoms with Crippen molar-refractivity contribution in [3.05, 3.63) is 134 Å². The van der Waals surface area contributed by atoms with Gasteiger partial charge in [0, 0.05) is 0 Å². The molecule has 12 heteroatoms. The third-order valence-electron chi connectivity index (χ3n) is 9.50. The van der Waals surface area contributed by atoms with Crippen LogP contribution in [0.2, 0.25) is 18.1 Å². The van der Waals surface area contributed by atoms with E-state index >= 15 is 8.78 Å². The van der Waals surface area contributed by atoms with Crippen molar-refractivity contribution in [3.8, 4) is 5.75 Å². The van der Waals surface area contributed by atoms with Crippen molar-refractivity contribution in [2.75, 3.05) is 20.4 Å². The zero-order valence-electron chi connectivity index (χ0n) is 27.8. The van der Waals surface area contributed by atoms with Gasteiger partial charge in [-0.2, -0.15) is 4.39 Å². The summed E-state index contributed by atoms with van der Waals surface area (Å²) < 4.78 is 73.2. The van der Waals surface area contributed by atoms with Gasteiger partial charge in [0.25, 0.3) is 5.56 Å². The molecule has 8 nitrogen and oxygen atoms in total. The van der Waals surface area contributed by atoms with Crippen LogP contribution in [0.1, 0.15) is 43.7 Å². The molecule has 1 N–H and O–H groups in total. The fourth-order valence-electron chi connectivity index (χ4n) is 5.69. The molecule has 0 amide bonds. The average molecular weight is 683 g/mol. The van der Waals surface area contributed by atoms with Gasteiger partial charge < -0.3 is 18.6 Å². The van der Waals surface area contributed by atoms with Crippen LogP contribution in [0, 0.1) is 5.82 Å². The summed E-state index contributed by atoms with van der Waals surface area (Å²) in [5.41, 5.74) is -4.29. The zero-order chi connectivity index (χ0) is 34.9. The third-order valence-corrected chi connectivity index (χ3v) is 14.0. The summed E-state index contributed by atoms with van der Waals surface area (Å²) in [6.45, 7) is 8.25. The number of benzene rings is 3. The molecule has 0 spiro atoms. The van der Waals surface area contributed by atoms with E-state index < -0.39 is 68.4 Å². The smallest absolute Gasteiger partial charge is 0.330 e. The van der Waals surface area contributed by atoms with Gasteiger partial charge in [0.1, 0.15) is 24.1 Å². The number of alkyl halides is 2. The summed E-state index contributed by atoms with van der Waals surface area (Å²) in [6.07, 6.45) is -5.27. The molecule has 48 heavy (non-hydrogen) atoms. The molecule has 1 fully saturated rings. The molecule has 4 aromatic rings. The van der Waals surface area contributed by atoms with Gasteiger partial charge in [0.05, 0.1) is 19.9 Å². The average Bonchev–Trinajstić information content (AvgIpc) is 3.35. The van der Waals surface area contributed by atoms with E-state index in [-0.39, 0.29) is 5.04 Å². The first-order valence-corrected chi connectivity index (χ1v) is 18.6. The lowest BCUT2D eigenvalue weighted by Gasteiger charge is -2.44. The highest BCUT2D eigenvalue weighted by Crippen LogP contribution is 2.50. The maximum Gasteiger partial charge on any atom is 0.330 e. The van der Waals surface area contributed by atoms with Crippen molar-refractivity contribution >= 4 is 8.32 Å². The minimum Gasteiger partial charge on any atom is -0.497 e. The van der Waals surface area contributed by atoms with E-state index in [1.807, 2.05) is 99.5 Å². The van der Waals surface area contributed by atoms with Gasteiger partial charge in [0.2, 0.25) is 5.82 Å². The number of nitrogens with one attached hydrogen (secondary N) is 1. The molecule has 1 aliphatic heterocycles. The molecule has 0 unspecified atom stereocenters. The molecule has 5 rings (SSSR count). The number of hydrogen-bond donors (Lipinski definition) is 1. The predicted octanol–water partition coefficient (Wildman–Crippen LogP) is 6.66. The molecule has 1 aliphatic rings. The molecule has 0 aliphatic carbocycles. The first kappa shape index (κ1) is 35.3. The van der Waals surface area contributed by atoms with Gasteiger partial charge in [-0.25, -0.2) is 13.6 Å². The van der Waals surface area contributed by atoms with E-state index in [4.69, 9.17) is 18.6 Å². The van der Waals surface area contributed by atoms with Gasteiger partial charge in [0.15, 0.2) is 26.3 Å². The highest BCUT2D eigenvalue weighted by Gasteiger charge is 2.61. The zero-order valence-corrected chi connectivity index (χ0v) is 28.8. The molecule has 1 aromatic heterocycles. The Morgan fingerprint density at radius 2 is 1.46 bits per heavy atom. The van der Waals surface area contributed by atoms with Crippen LogP contribution < -0.4 is 16.0 Å². The number of methoxy groups -OCH3 is 1. The van der Waals surface area contributed by atoms with Gasteiger partial charge in [-0.3, -0.25) is 14.3 Å². The topological polar surface area (TPSA) is 91.8 Å². The predicted molar refractivity (Wildman–Crippen MR) is 179 cm³/mol. The maximum atomic E-state index is 17.2. The number of nitrogens with zero attached hydrogens (tertiary/aromatic N) is 1. The number of aromatic nitrogens is 2. The van der Waals surface area contributed by atoms with E-state index in [0.29, 0.717) is 33.2 Å². The fraction of sp³-hybridized carbons (Fsp3) is 0.389. The second-order valence-electron chi connectivity index (χ2n) is 13.5. The van der Waals surface area contributed by atoms with E-state index in [9.17, 15) is 14.0 Å². The molecule has 2 heterocycles. The Hall–Kier alpha value is -3.97. The van der Waals surface area contributed by atoms with Crippen molar-refractivity contribution in [1.82, 2.24) is 9.55 Å². The van der Waals surface area contributed by atoms with Crippen molar-refractivity contribution < 1.29 is 31.8 Å². The SMILES string of the molecule is COc1ccc(C(O[C@H]2[C@H](F)[C@H](n3cc(F)c(=O)[nH]c3=O)O[C@]2(CF)CO[Si](C)(C)C(C)(C)C)(c2ccccc2)c2ccccc2)cc1. The van der Waals surface area contributed by atoms with Crippen molar-refractivity contribution in [3.63, 3.8) is 0 Å². The number of ether oxygens (including phenoxy) is 3. The highest BCUT2D eigenvalue weighted by atomic mass is 28.4. The van der Waals surface area contributed by atoms with Crippen LogP contribution in [0.3, 0.4) is 0 Å². The second kappa shape index (κ2) is 13.5. The molecule has 0 saturated carbocycles. The van der Waals surface area contributed by atoms with Crippen LogP contribution >= 0.6 is 0 Å². The maximum absolute atomic E-state index is 17.2. The van der Waals surface area contributed by atoms with Crippen LogP contribution in [-0.2, 0) is 19.5 Å². The Bertz CT molecular complexity index is 1770. The molecular formula is C36H41F3N2O6Si. The Morgan fingerprint density at radius 3 is 1.96 bits per heavy atom. The lowest BCUT2D eigenvalue weighted by molar-refractivity contribution is -0.170. The third kappa shape index (κ3) is 6.41. The Balaban J connectivity index is 1.75. The largest absolute Gasteiger partial charge is 0.497 e. The Morgan fingerprint density at radius 1 is 0.917 bits per heavy atom. The quantitative estimate of drug-likeness (QED) is 0.141. The number of aromatic amines is 1. The fourth-order valence-corrected chi connectivity index (χ4v) is 6.73. The van der Waals surface area contributed by atoms with Crippen LogP contribution in [0.15, 0.2) is 101 Å². The molecule has 0 radical (unpaired) electrons. The summed E-state index contributed by atoms with van der Waals surface area (Å²) in [5.74, 6) is -0.763. The summed E-state index contributed by atoms with van der Waals surface area (Å²) in [7, 11) is -1.05. The van der Waals surface area contributed by atoms with Gasteiger partial charge in [-0.05, 0) is 47.0 Å². The minimum absolute atomic E-state index is 0.298. The molecule has 0 bridgehead atoms. The molecule has 3 aromatic carbocycles. The summed E-state index contributed by atoms with van der Waals surface area (Å²) >= 11 is 0. The molecular weight excluding hydrogens is 641 g/mol. The summed E-state index contributed by atoms with van der Waals surface area (Å²) in [6, 6.07) is 25.2. The summed E-state index contributed by atoms with van der Waals surface area (Å²) in [4.78, 5) is 26.6. The van der Waals surface area contributed by atoms with Crippen LogP contribution in [0.5, 0.6) is 5.75 Å². The number of H-pyrrole nitrogens is 1. The minimum atomic E-state index is -2.59. The number of hydrogen-bond acceptors (Lipinski definition) is 6. The van der Waals surface area contributed by atoms with Crippen LogP contribution in [-0.4, -0.2) is 56.1 Å². The molecule has 1 saturated heterocycles. The van der Waals surface area contributed by atoms with Crippen molar-refractivity contribution in [2.45, 2.75) is 68.6 Å². The lowest BCUT2D eigenvalue weighted by atomic mass is 9.79. The first-order chi connectivity index (χ1) is 22.7. The molecule has 256 valence electrons. The highest BCUT2D eigenvalue weighted by molar-refractivity contribution is 6.74. The Labute approximate surface area is 278 Å². The first-order valence-electron chi connectivity index (χ1n) is 15.7. The van der Waals surface area contributed by atoms with Crippen molar-refractivity contribution in [2.24, 2.45) is 0 Å². The van der Waals surface area contributed by atoms with Gasteiger partial charge >= 0.3 is 5.69 Å². The van der Waals surface area contributed by atoms with Gasteiger partial charge in [-0.15, -0.1) is 0 Å². The standard InChI is InChI=1S/C36H41F3N2O6Si/c1-34(2,3)48(5,6)45-23-35(22-37)30(29(39)32(47-35)41-21-28(38)31(42)40-33(41)43)46-36(24-13-9-7-10-14-24,25-15-11-8-12-16-25)26-17-19-27(44-4)20-18-26/h7-21,29-30,32H,22-23H2,1-6H3,(H,40,42,43)/t29-,30-,32+,35+/m0/s1. The molecule has 4 atom stereocenters. The summed E-state index contributed by atoms with van der Waals surface area (Å²) in [5, 5.41) is -0.298. The number of halogens is 3. The van der Waals surface area contributed by atoms with E-state index in [1.165, 1.54) is 7.11 Å². The second-order valence-corrected chi connectivity index (χ2v) is 18.3. The van der Waals surface area contributed by atoms with E-state index in [0.717, 1.165) is 0 Å². The van der Waals surface area contributed by atoms with Crippen molar-refractivity contribution in [1.29, 1.82) is 0 Å².